The normalized spacial score (nSPS) is 12.9. The average molecular weight is 374 g/mol. The first kappa shape index (κ1) is 20.2. The van der Waals surface area contributed by atoms with Gasteiger partial charge in [-0.05, 0) is 43.7 Å². The van der Waals surface area contributed by atoms with Gasteiger partial charge in [-0.15, -0.1) is 0 Å². The van der Waals surface area contributed by atoms with Gasteiger partial charge in [0.25, 0.3) is 11.8 Å². The lowest BCUT2D eigenvalue weighted by atomic mass is 9.98. The van der Waals surface area contributed by atoms with Crippen molar-refractivity contribution in [2.24, 2.45) is 0 Å². The van der Waals surface area contributed by atoms with E-state index in [4.69, 9.17) is 14.3 Å². The van der Waals surface area contributed by atoms with Crippen molar-refractivity contribution in [1.29, 1.82) is 0 Å². The molecule has 0 aliphatic heterocycles. The zero-order chi connectivity index (χ0) is 20.0. The van der Waals surface area contributed by atoms with E-state index < -0.39 is 23.3 Å². The summed E-state index contributed by atoms with van der Waals surface area (Å²) in [4.78, 5) is 35.8. The molecule has 1 unspecified atom stereocenters. The lowest BCUT2D eigenvalue weighted by molar-refractivity contribution is -0.139. The number of furan rings is 1. The summed E-state index contributed by atoms with van der Waals surface area (Å²) in [6.07, 6.45) is 1.10. The van der Waals surface area contributed by atoms with Gasteiger partial charge >= 0.3 is 5.97 Å². The van der Waals surface area contributed by atoms with Crippen LogP contribution in [0.25, 0.3) is 0 Å². The smallest absolute Gasteiger partial charge is 0.305 e. The number of nitrogens with one attached hydrogen (secondary N) is 2. The van der Waals surface area contributed by atoms with Crippen LogP contribution in [0.2, 0.25) is 0 Å². The van der Waals surface area contributed by atoms with Crippen molar-refractivity contribution in [3.05, 3.63) is 53.5 Å². The maximum Gasteiger partial charge on any atom is 0.305 e. The van der Waals surface area contributed by atoms with Crippen LogP contribution in [0, 0.1) is 6.92 Å². The Bertz CT molecular complexity index is 831. The lowest BCUT2D eigenvalue weighted by Gasteiger charge is -2.28. The number of benzene rings is 1. The molecular formula is C19H22N2O6. The number of hydrogen-bond donors (Lipinski definition) is 3. The Morgan fingerprint density at radius 3 is 2.56 bits per heavy atom. The van der Waals surface area contributed by atoms with E-state index in [0.29, 0.717) is 5.69 Å². The minimum atomic E-state index is -1.07. The van der Waals surface area contributed by atoms with E-state index in [0.717, 1.165) is 5.56 Å². The number of ether oxygens (including phenoxy) is 1. The number of amides is 2. The Morgan fingerprint density at radius 1 is 1.22 bits per heavy atom. The molecule has 1 aromatic carbocycles. The highest BCUT2D eigenvalue weighted by atomic mass is 16.5. The zero-order valence-corrected chi connectivity index (χ0v) is 15.4. The molecule has 0 saturated carbocycles. The number of methoxy groups -OCH3 is 1. The summed E-state index contributed by atoms with van der Waals surface area (Å²) in [7, 11) is 1.43. The van der Waals surface area contributed by atoms with Gasteiger partial charge in [0.15, 0.2) is 5.76 Å². The van der Waals surface area contributed by atoms with E-state index >= 15 is 0 Å². The number of carbonyl (C=O) groups excluding carboxylic acids is 2. The number of aryl methyl sites for hydroxylation is 1. The number of hydrogen-bond acceptors (Lipinski definition) is 5. The quantitative estimate of drug-likeness (QED) is 0.653. The van der Waals surface area contributed by atoms with Crippen LogP contribution in [0.4, 0.5) is 5.69 Å². The molecule has 27 heavy (non-hydrogen) atoms. The second kappa shape index (κ2) is 8.50. The van der Waals surface area contributed by atoms with Gasteiger partial charge in [-0.1, -0.05) is 6.07 Å². The molecule has 8 nitrogen and oxygen atoms in total. The van der Waals surface area contributed by atoms with Gasteiger partial charge in [-0.3, -0.25) is 14.4 Å². The molecule has 0 aliphatic carbocycles. The van der Waals surface area contributed by atoms with Gasteiger partial charge in [-0.25, -0.2) is 0 Å². The van der Waals surface area contributed by atoms with Crippen LogP contribution in [-0.2, 0) is 9.53 Å². The summed E-state index contributed by atoms with van der Waals surface area (Å²) in [6.45, 7) is 3.42. The van der Waals surface area contributed by atoms with E-state index in [2.05, 4.69) is 10.6 Å². The van der Waals surface area contributed by atoms with Gasteiger partial charge in [0.1, 0.15) is 0 Å². The molecule has 2 aromatic rings. The second-order valence-electron chi connectivity index (χ2n) is 6.48. The summed E-state index contributed by atoms with van der Waals surface area (Å²) in [5.41, 5.74) is 0.426. The Morgan fingerprint density at radius 2 is 1.96 bits per heavy atom. The van der Waals surface area contributed by atoms with Gasteiger partial charge in [0.05, 0.1) is 24.8 Å². The van der Waals surface area contributed by atoms with Gasteiger partial charge in [0.2, 0.25) is 0 Å². The number of anilines is 1. The number of rotatable bonds is 8. The fourth-order valence-electron chi connectivity index (χ4n) is 2.62. The molecule has 0 bridgehead atoms. The minimum Gasteiger partial charge on any atom is -0.481 e. The van der Waals surface area contributed by atoms with E-state index in [9.17, 15) is 14.4 Å². The van der Waals surface area contributed by atoms with Crippen LogP contribution >= 0.6 is 0 Å². The molecule has 0 saturated heterocycles. The lowest BCUT2D eigenvalue weighted by Crippen LogP contribution is -2.50. The van der Waals surface area contributed by atoms with E-state index in [-0.39, 0.29) is 24.4 Å². The van der Waals surface area contributed by atoms with Crippen LogP contribution in [0.3, 0.4) is 0 Å². The first-order valence-electron chi connectivity index (χ1n) is 8.23. The topological polar surface area (TPSA) is 118 Å². The van der Waals surface area contributed by atoms with E-state index in [1.54, 1.807) is 32.0 Å². The molecule has 1 aromatic heterocycles. The first-order chi connectivity index (χ1) is 12.7. The van der Waals surface area contributed by atoms with Crippen LogP contribution < -0.4 is 10.6 Å². The third-order valence-electron chi connectivity index (χ3n) is 3.91. The largest absolute Gasteiger partial charge is 0.481 e. The molecule has 0 fully saturated rings. The third-order valence-corrected chi connectivity index (χ3v) is 3.91. The fraction of sp³-hybridized carbons (Fsp3) is 0.316. The SMILES string of the molecule is COCC(C)(CC(=O)O)NC(=O)c1ccc(C)c(NC(=O)c2ccco2)c1. The zero-order valence-electron chi connectivity index (χ0n) is 15.4. The van der Waals surface area contributed by atoms with Crippen molar-refractivity contribution in [2.45, 2.75) is 25.8 Å². The molecule has 2 rings (SSSR count). The molecule has 1 heterocycles. The molecule has 0 radical (unpaired) electrons. The highest BCUT2D eigenvalue weighted by molar-refractivity contribution is 6.04. The van der Waals surface area contributed by atoms with E-state index in [1.807, 2.05) is 0 Å². The predicted molar refractivity (Wildman–Crippen MR) is 97.8 cm³/mol. The number of carboxylic acids is 1. The van der Waals surface area contributed by atoms with Gasteiger partial charge in [0, 0.05) is 18.4 Å². The molecule has 144 valence electrons. The highest BCUT2D eigenvalue weighted by Gasteiger charge is 2.30. The van der Waals surface area contributed by atoms with Crippen molar-refractivity contribution in [3.8, 4) is 0 Å². The molecule has 2 amide bonds. The fourth-order valence-corrected chi connectivity index (χ4v) is 2.62. The molecule has 8 heteroatoms. The van der Waals surface area contributed by atoms with Crippen LogP contribution in [-0.4, -0.2) is 42.1 Å². The molecule has 3 N–H and O–H groups in total. The summed E-state index contributed by atoms with van der Waals surface area (Å²) in [5.74, 6) is -1.80. The van der Waals surface area contributed by atoms with Crippen LogP contribution in [0.15, 0.2) is 41.0 Å². The van der Waals surface area contributed by atoms with E-state index in [1.165, 1.54) is 25.5 Å². The molecule has 0 aliphatic rings. The van der Waals surface area contributed by atoms with Crippen molar-refractivity contribution >= 4 is 23.5 Å². The summed E-state index contributed by atoms with van der Waals surface area (Å²) in [5, 5.41) is 14.5. The second-order valence-corrected chi connectivity index (χ2v) is 6.48. The molecule has 0 spiro atoms. The van der Waals surface area contributed by atoms with Crippen LogP contribution in [0.1, 0.15) is 39.8 Å². The number of aliphatic carboxylic acids is 1. The Labute approximate surface area is 156 Å². The Kier molecular flexibility index (Phi) is 6.36. The summed E-state index contributed by atoms with van der Waals surface area (Å²) >= 11 is 0. The maximum absolute atomic E-state index is 12.6. The van der Waals surface area contributed by atoms with Gasteiger partial charge in [-0.2, -0.15) is 0 Å². The highest BCUT2D eigenvalue weighted by Crippen LogP contribution is 2.19. The van der Waals surface area contributed by atoms with Crippen LogP contribution in [0.5, 0.6) is 0 Å². The Hall–Kier alpha value is -3.13. The van der Waals surface area contributed by atoms with Crippen molar-refractivity contribution in [1.82, 2.24) is 5.32 Å². The van der Waals surface area contributed by atoms with Crippen molar-refractivity contribution in [2.75, 3.05) is 19.0 Å². The minimum absolute atomic E-state index is 0.0407. The summed E-state index contributed by atoms with van der Waals surface area (Å²) in [6, 6.07) is 7.95. The maximum atomic E-state index is 12.6. The van der Waals surface area contributed by atoms with Crippen molar-refractivity contribution < 1.29 is 28.6 Å². The van der Waals surface area contributed by atoms with Gasteiger partial charge < -0.3 is 24.9 Å². The monoisotopic (exact) mass is 374 g/mol. The molecule has 1 atom stereocenters. The average Bonchev–Trinajstić information content (AvgIpc) is 3.10. The molecular weight excluding hydrogens is 352 g/mol. The summed E-state index contributed by atoms with van der Waals surface area (Å²) < 4.78 is 10.1. The first-order valence-corrected chi connectivity index (χ1v) is 8.23. The number of carboxylic acid groups (broad SMARTS) is 1. The number of carbonyl (C=O) groups is 3. The predicted octanol–water partition coefficient (Wildman–Crippen LogP) is 2.45. The Balaban J connectivity index is 2.19. The third kappa shape index (κ3) is 5.42. The van der Waals surface area contributed by atoms with Crippen molar-refractivity contribution in [3.63, 3.8) is 0 Å². The standard InChI is InChI=1S/C19H22N2O6/c1-12-6-7-13(9-14(12)20-18(25)15-5-4-8-27-15)17(24)21-19(2,11-26-3)10-16(22)23/h4-9H,10-11H2,1-3H3,(H,20,25)(H,21,24)(H,22,23).